The second kappa shape index (κ2) is 3.85. The van der Waals surface area contributed by atoms with Crippen molar-refractivity contribution in [1.29, 1.82) is 0 Å². The van der Waals surface area contributed by atoms with Gasteiger partial charge in [-0.1, -0.05) is 0 Å². The van der Waals surface area contributed by atoms with Crippen LogP contribution in [0.1, 0.15) is 13.8 Å². The van der Waals surface area contributed by atoms with E-state index >= 15 is 0 Å². The maximum atomic E-state index is 5.34. The first-order valence-electron chi connectivity index (χ1n) is 3.82. The van der Waals surface area contributed by atoms with Gasteiger partial charge in [0.25, 0.3) is 0 Å². The molecule has 0 spiro atoms. The molecule has 0 aliphatic heterocycles. The predicted molar refractivity (Wildman–Crippen MR) is 49.2 cm³/mol. The summed E-state index contributed by atoms with van der Waals surface area (Å²) in [6.07, 6.45) is 1.78. The van der Waals surface area contributed by atoms with Crippen LogP contribution in [0.15, 0.2) is 23.3 Å². The van der Waals surface area contributed by atoms with E-state index in [2.05, 4.69) is 16.7 Å². The van der Waals surface area contributed by atoms with E-state index in [0.717, 1.165) is 5.69 Å². The van der Waals surface area contributed by atoms with Crippen LogP contribution in [-0.4, -0.2) is 17.8 Å². The van der Waals surface area contributed by atoms with E-state index < -0.39 is 0 Å². The molecule has 1 heterocycles. The van der Waals surface area contributed by atoms with Crippen LogP contribution in [0.5, 0.6) is 5.88 Å². The van der Waals surface area contributed by atoms with E-state index in [1.165, 1.54) is 0 Å². The number of aliphatic imine (C=N–C) groups is 1. The Morgan fingerprint density at radius 1 is 1.50 bits per heavy atom. The highest BCUT2D eigenvalue weighted by Gasteiger charge is 1.97. The third kappa shape index (κ3) is 2.34. The standard InChI is InChI=1S/C9H12N2O/c1-7(2)12-9-5-4-8(10-3)6-11-9/h4-7H,3H2,1-2H3. The average Bonchev–Trinajstić information content (AvgIpc) is 2.05. The lowest BCUT2D eigenvalue weighted by molar-refractivity contribution is 0.232. The second-order valence-corrected chi connectivity index (χ2v) is 2.68. The Balaban J connectivity index is 2.71. The molecule has 1 aromatic rings. The lowest BCUT2D eigenvalue weighted by Gasteiger charge is -2.07. The number of hydrogen-bond donors (Lipinski definition) is 0. The van der Waals surface area contributed by atoms with E-state index in [1.807, 2.05) is 19.9 Å². The smallest absolute Gasteiger partial charge is 0.213 e. The summed E-state index contributed by atoms with van der Waals surface area (Å²) in [5.41, 5.74) is 0.756. The minimum Gasteiger partial charge on any atom is -0.475 e. The van der Waals surface area contributed by atoms with Crippen molar-refractivity contribution in [1.82, 2.24) is 4.98 Å². The third-order valence-corrected chi connectivity index (χ3v) is 1.26. The Kier molecular flexibility index (Phi) is 2.80. The highest BCUT2D eigenvalue weighted by molar-refractivity contribution is 5.44. The molecule has 0 N–H and O–H groups in total. The first kappa shape index (κ1) is 8.71. The summed E-state index contributed by atoms with van der Waals surface area (Å²) < 4.78 is 5.34. The van der Waals surface area contributed by atoms with Crippen molar-refractivity contribution >= 4 is 12.4 Å². The van der Waals surface area contributed by atoms with Gasteiger partial charge < -0.3 is 4.74 Å². The van der Waals surface area contributed by atoms with Crippen molar-refractivity contribution in [2.75, 3.05) is 0 Å². The Morgan fingerprint density at radius 3 is 2.67 bits per heavy atom. The highest BCUT2D eigenvalue weighted by atomic mass is 16.5. The molecule has 0 bridgehead atoms. The number of aromatic nitrogens is 1. The summed E-state index contributed by atoms with van der Waals surface area (Å²) >= 11 is 0. The molecule has 0 saturated heterocycles. The maximum absolute atomic E-state index is 5.34. The van der Waals surface area contributed by atoms with Gasteiger partial charge in [-0.25, -0.2) is 4.98 Å². The van der Waals surface area contributed by atoms with Crippen molar-refractivity contribution in [2.24, 2.45) is 4.99 Å². The summed E-state index contributed by atoms with van der Waals surface area (Å²) in [6.45, 7) is 7.31. The van der Waals surface area contributed by atoms with Gasteiger partial charge in [-0.2, -0.15) is 0 Å². The van der Waals surface area contributed by atoms with Crippen molar-refractivity contribution in [3.05, 3.63) is 18.3 Å². The van der Waals surface area contributed by atoms with Crippen LogP contribution in [0, 0.1) is 0 Å². The molecule has 0 aromatic carbocycles. The zero-order valence-electron chi connectivity index (χ0n) is 7.32. The van der Waals surface area contributed by atoms with Crippen LogP contribution >= 0.6 is 0 Å². The van der Waals surface area contributed by atoms with Crippen LogP contribution in [-0.2, 0) is 0 Å². The van der Waals surface area contributed by atoms with Crippen LogP contribution in [0.2, 0.25) is 0 Å². The largest absolute Gasteiger partial charge is 0.475 e. The third-order valence-electron chi connectivity index (χ3n) is 1.26. The summed E-state index contributed by atoms with van der Waals surface area (Å²) in [5.74, 6) is 0.623. The molecule has 0 unspecified atom stereocenters. The molecule has 1 aromatic heterocycles. The Bertz CT molecular complexity index is 254. The van der Waals surface area contributed by atoms with Gasteiger partial charge in [0, 0.05) is 6.07 Å². The van der Waals surface area contributed by atoms with Crippen molar-refractivity contribution in [2.45, 2.75) is 20.0 Å². The van der Waals surface area contributed by atoms with Gasteiger partial charge in [-0.15, -0.1) is 0 Å². The summed E-state index contributed by atoms with van der Waals surface area (Å²) in [4.78, 5) is 7.76. The number of rotatable bonds is 3. The average molecular weight is 164 g/mol. The zero-order valence-corrected chi connectivity index (χ0v) is 7.32. The molecule has 64 valence electrons. The molecule has 0 aliphatic carbocycles. The number of pyridine rings is 1. The molecule has 0 atom stereocenters. The summed E-state index contributed by atoms with van der Waals surface area (Å²) in [5, 5.41) is 0. The lowest BCUT2D eigenvalue weighted by atomic mass is 10.4. The minimum atomic E-state index is 0.153. The van der Waals surface area contributed by atoms with Gasteiger partial charge in [0.15, 0.2) is 0 Å². The van der Waals surface area contributed by atoms with Gasteiger partial charge in [-0.05, 0) is 26.6 Å². The fourth-order valence-electron chi connectivity index (χ4n) is 0.777. The molecule has 0 saturated carbocycles. The Labute approximate surface area is 72.1 Å². The molecular weight excluding hydrogens is 152 g/mol. The SMILES string of the molecule is C=Nc1ccc(OC(C)C)nc1. The lowest BCUT2D eigenvalue weighted by Crippen LogP contribution is -2.06. The summed E-state index contributed by atoms with van der Waals surface area (Å²) in [7, 11) is 0. The molecule has 0 amide bonds. The van der Waals surface area contributed by atoms with Crippen LogP contribution < -0.4 is 4.74 Å². The first-order valence-corrected chi connectivity index (χ1v) is 3.82. The Hall–Kier alpha value is -1.38. The predicted octanol–water partition coefficient (Wildman–Crippen LogP) is 2.20. The first-order chi connectivity index (χ1) is 5.72. The van der Waals surface area contributed by atoms with Crippen LogP contribution in [0.25, 0.3) is 0 Å². The molecule has 12 heavy (non-hydrogen) atoms. The van der Waals surface area contributed by atoms with Gasteiger partial charge in [-0.3, -0.25) is 4.99 Å². The second-order valence-electron chi connectivity index (χ2n) is 2.68. The molecule has 0 fully saturated rings. The van der Waals surface area contributed by atoms with E-state index in [4.69, 9.17) is 4.74 Å². The monoisotopic (exact) mass is 164 g/mol. The fraction of sp³-hybridized carbons (Fsp3) is 0.333. The number of hydrogen-bond acceptors (Lipinski definition) is 3. The highest BCUT2D eigenvalue weighted by Crippen LogP contribution is 2.14. The van der Waals surface area contributed by atoms with Gasteiger partial charge in [0.05, 0.1) is 18.0 Å². The summed E-state index contributed by atoms with van der Waals surface area (Å²) in [6, 6.07) is 3.60. The van der Waals surface area contributed by atoms with Crippen LogP contribution in [0.4, 0.5) is 5.69 Å². The van der Waals surface area contributed by atoms with Crippen molar-refractivity contribution in [3.63, 3.8) is 0 Å². The Morgan fingerprint density at radius 2 is 2.25 bits per heavy atom. The fourth-order valence-corrected chi connectivity index (χ4v) is 0.777. The molecule has 3 heteroatoms. The normalized spacial score (nSPS) is 9.92. The molecular formula is C9H12N2O. The van der Waals surface area contributed by atoms with E-state index in [1.54, 1.807) is 12.3 Å². The van der Waals surface area contributed by atoms with E-state index in [0.29, 0.717) is 5.88 Å². The van der Waals surface area contributed by atoms with E-state index in [-0.39, 0.29) is 6.10 Å². The number of ether oxygens (including phenoxy) is 1. The molecule has 0 aliphatic rings. The van der Waals surface area contributed by atoms with Crippen LogP contribution in [0.3, 0.4) is 0 Å². The number of nitrogens with zero attached hydrogens (tertiary/aromatic N) is 2. The van der Waals surface area contributed by atoms with E-state index in [9.17, 15) is 0 Å². The van der Waals surface area contributed by atoms with Gasteiger partial charge in [0.2, 0.25) is 5.88 Å². The molecule has 1 rings (SSSR count). The molecule has 0 radical (unpaired) electrons. The topological polar surface area (TPSA) is 34.5 Å². The molecule has 3 nitrogen and oxygen atoms in total. The maximum Gasteiger partial charge on any atom is 0.213 e. The quantitative estimate of drug-likeness (QED) is 0.642. The zero-order chi connectivity index (χ0) is 8.97. The minimum absolute atomic E-state index is 0.153. The van der Waals surface area contributed by atoms with Crippen molar-refractivity contribution in [3.8, 4) is 5.88 Å². The van der Waals surface area contributed by atoms with Gasteiger partial charge >= 0.3 is 0 Å². The van der Waals surface area contributed by atoms with Crippen molar-refractivity contribution < 1.29 is 4.74 Å². The van der Waals surface area contributed by atoms with Gasteiger partial charge in [0.1, 0.15) is 0 Å².